The van der Waals surface area contributed by atoms with Crippen molar-refractivity contribution >= 4 is 5.97 Å². The number of rotatable bonds is 7. The number of hydrogen-bond donors (Lipinski definition) is 2. The Kier molecular flexibility index (Phi) is 4.75. The largest absolute Gasteiger partial charge is 0.480 e. The first-order valence-corrected chi connectivity index (χ1v) is 8.04. The van der Waals surface area contributed by atoms with Crippen LogP contribution in [0.5, 0.6) is 0 Å². The number of piperidine rings is 1. The van der Waals surface area contributed by atoms with Crippen LogP contribution in [0.25, 0.3) is 0 Å². The number of carboxylic acids is 1. The number of nitrogens with one attached hydrogen (secondary N) is 1. The number of carboxylic acid groups (broad SMARTS) is 1. The first kappa shape index (κ1) is 15.8. The third kappa shape index (κ3) is 4.45. The summed E-state index contributed by atoms with van der Waals surface area (Å²) >= 11 is 0. The molecule has 2 aliphatic rings. The number of hydrogen-bond acceptors (Lipinski definition) is 3. The molecule has 4 heteroatoms. The summed E-state index contributed by atoms with van der Waals surface area (Å²) in [7, 11) is 0. The highest BCUT2D eigenvalue weighted by Gasteiger charge is 2.38. The van der Waals surface area contributed by atoms with E-state index in [9.17, 15) is 9.90 Å². The number of likely N-dealkylation sites (tertiary alicyclic amines) is 1. The van der Waals surface area contributed by atoms with Crippen LogP contribution in [-0.2, 0) is 4.79 Å². The van der Waals surface area contributed by atoms with Crippen molar-refractivity contribution in [3.8, 4) is 0 Å². The molecule has 0 aromatic carbocycles. The summed E-state index contributed by atoms with van der Waals surface area (Å²) in [5, 5.41) is 12.8. The molecule has 1 aliphatic heterocycles. The Balaban J connectivity index is 1.76. The number of aliphatic carboxylic acids is 1. The lowest BCUT2D eigenvalue weighted by Crippen LogP contribution is -2.51. The van der Waals surface area contributed by atoms with E-state index in [4.69, 9.17) is 0 Å². The first-order valence-electron chi connectivity index (χ1n) is 8.04. The zero-order valence-electron chi connectivity index (χ0n) is 13.2. The fourth-order valence-corrected chi connectivity index (χ4v) is 3.31. The third-order valence-electron chi connectivity index (χ3n) is 4.70. The summed E-state index contributed by atoms with van der Waals surface area (Å²) in [4.78, 5) is 14.0. The molecule has 1 aliphatic carbocycles. The fraction of sp³-hybridized carbons (Fsp3) is 0.938. The molecule has 2 N–H and O–H groups in total. The van der Waals surface area contributed by atoms with E-state index >= 15 is 0 Å². The predicted molar refractivity (Wildman–Crippen MR) is 80.9 cm³/mol. The quantitative estimate of drug-likeness (QED) is 0.753. The molecule has 0 amide bonds. The molecule has 20 heavy (non-hydrogen) atoms. The van der Waals surface area contributed by atoms with E-state index < -0.39 is 11.5 Å². The molecule has 0 bridgehead atoms. The standard InChI is InChI=1S/C16H30N2O2/c1-15(2)8-4-10-18(12-15)11-5-9-16(3,14(19)20)17-13-6-7-13/h13,17H,4-12H2,1-3H3,(H,19,20). The maximum Gasteiger partial charge on any atom is 0.323 e. The van der Waals surface area contributed by atoms with E-state index in [0.29, 0.717) is 11.5 Å². The summed E-state index contributed by atoms with van der Waals surface area (Å²) < 4.78 is 0. The normalized spacial score (nSPS) is 26.1. The average molecular weight is 282 g/mol. The van der Waals surface area contributed by atoms with Gasteiger partial charge in [0.25, 0.3) is 0 Å². The zero-order valence-corrected chi connectivity index (χ0v) is 13.2. The Morgan fingerprint density at radius 3 is 2.70 bits per heavy atom. The molecule has 1 heterocycles. The summed E-state index contributed by atoms with van der Waals surface area (Å²) in [5.41, 5.74) is -0.326. The highest BCUT2D eigenvalue weighted by atomic mass is 16.4. The molecule has 4 nitrogen and oxygen atoms in total. The van der Waals surface area contributed by atoms with Gasteiger partial charge in [0.2, 0.25) is 0 Å². The van der Waals surface area contributed by atoms with Gasteiger partial charge in [-0.1, -0.05) is 13.8 Å². The Hall–Kier alpha value is -0.610. The smallest absolute Gasteiger partial charge is 0.323 e. The van der Waals surface area contributed by atoms with Crippen LogP contribution in [0.4, 0.5) is 0 Å². The van der Waals surface area contributed by atoms with E-state index in [2.05, 4.69) is 24.1 Å². The summed E-state index contributed by atoms with van der Waals surface area (Å²) in [6.45, 7) is 9.84. The monoisotopic (exact) mass is 282 g/mol. The molecule has 2 fully saturated rings. The van der Waals surface area contributed by atoms with Crippen LogP contribution in [0.15, 0.2) is 0 Å². The van der Waals surface area contributed by atoms with Crippen molar-refractivity contribution in [1.82, 2.24) is 10.2 Å². The molecule has 0 aromatic heterocycles. The van der Waals surface area contributed by atoms with Gasteiger partial charge in [-0.15, -0.1) is 0 Å². The number of carbonyl (C=O) groups is 1. The van der Waals surface area contributed by atoms with Gasteiger partial charge in [-0.3, -0.25) is 10.1 Å². The molecular formula is C16H30N2O2. The van der Waals surface area contributed by atoms with Crippen LogP contribution in [0.1, 0.15) is 59.3 Å². The van der Waals surface area contributed by atoms with E-state index in [1.54, 1.807) is 0 Å². The van der Waals surface area contributed by atoms with Gasteiger partial charge in [0, 0.05) is 12.6 Å². The average Bonchev–Trinajstić information content (AvgIpc) is 3.11. The van der Waals surface area contributed by atoms with Gasteiger partial charge in [0.1, 0.15) is 5.54 Å². The molecule has 1 atom stereocenters. The molecule has 0 spiro atoms. The van der Waals surface area contributed by atoms with E-state index in [1.165, 1.54) is 19.4 Å². The van der Waals surface area contributed by atoms with E-state index in [0.717, 1.165) is 38.8 Å². The highest BCUT2D eigenvalue weighted by Crippen LogP contribution is 2.29. The minimum Gasteiger partial charge on any atom is -0.480 e. The van der Waals surface area contributed by atoms with Crippen LogP contribution in [0.3, 0.4) is 0 Å². The maximum absolute atomic E-state index is 11.5. The highest BCUT2D eigenvalue weighted by molar-refractivity contribution is 5.78. The second-order valence-electron chi connectivity index (χ2n) is 7.70. The van der Waals surface area contributed by atoms with Gasteiger partial charge in [0.15, 0.2) is 0 Å². The van der Waals surface area contributed by atoms with Gasteiger partial charge in [-0.2, -0.15) is 0 Å². The van der Waals surface area contributed by atoms with Crippen molar-refractivity contribution in [2.24, 2.45) is 5.41 Å². The lowest BCUT2D eigenvalue weighted by molar-refractivity contribution is -0.144. The molecule has 0 radical (unpaired) electrons. The van der Waals surface area contributed by atoms with Crippen molar-refractivity contribution in [1.29, 1.82) is 0 Å². The summed E-state index contributed by atoms with van der Waals surface area (Å²) in [5.74, 6) is -0.705. The molecule has 1 saturated carbocycles. The van der Waals surface area contributed by atoms with Gasteiger partial charge in [-0.05, 0) is 64.0 Å². The van der Waals surface area contributed by atoms with Crippen LogP contribution >= 0.6 is 0 Å². The SMILES string of the molecule is CC1(C)CCCN(CCCC(C)(NC2CC2)C(=O)O)C1. The van der Waals surface area contributed by atoms with Gasteiger partial charge >= 0.3 is 5.97 Å². The van der Waals surface area contributed by atoms with E-state index in [1.807, 2.05) is 6.92 Å². The zero-order chi connectivity index (χ0) is 14.8. The second-order valence-corrected chi connectivity index (χ2v) is 7.70. The van der Waals surface area contributed by atoms with E-state index in [-0.39, 0.29) is 0 Å². The van der Waals surface area contributed by atoms with Crippen LogP contribution in [-0.4, -0.2) is 47.2 Å². The number of nitrogens with zero attached hydrogens (tertiary/aromatic N) is 1. The summed E-state index contributed by atoms with van der Waals surface area (Å²) in [6.07, 6.45) is 6.50. The predicted octanol–water partition coefficient (Wildman–Crippen LogP) is 2.48. The van der Waals surface area contributed by atoms with Crippen molar-refractivity contribution in [3.63, 3.8) is 0 Å². The van der Waals surface area contributed by atoms with Gasteiger partial charge in [-0.25, -0.2) is 0 Å². The van der Waals surface area contributed by atoms with Crippen LogP contribution < -0.4 is 5.32 Å². The van der Waals surface area contributed by atoms with Gasteiger partial charge < -0.3 is 10.0 Å². The first-order chi connectivity index (χ1) is 9.31. The molecule has 2 rings (SSSR count). The Morgan fingerprint density at radius 2 is 2.15 bits per heavy atom. The van der Waals surface area contributed by atoms with Crippen molar-refractivity contribution in [2.45, 2.75) is 70.9 Å². The minimum absolute atomic E-state index is 0.417. The van der Waals surface area contributed by atoms with Crippen molar-refractivity contribution < 1.29 is 9.90 Å². The van der Waals surface area contributed by atoms with Gasteiger partial charge in [0.05, 0.1) is 0 Å². The Labute approximate surface area is 122 Å². The molecular weight excluding hydrogens is 252 g/mol. The molecule has 1 unspecified atom stereocenters. The Bertz CT molecular complexity index is 352. The second kappa shape index (κ2) is 6.02. The lowest BCUT2D eigenvalue weighted by atomic mass is 9.84. The molecule has 0 aromatic rings. The minimum atomic E-state index is -0.744. The van der Waals surface area contributed by atoms with Crippen LogP contribution in [0.2, 0.25) is 0 Å². The lowest BCUT2D eigenvalue weighted by Gasteiger charge is -2.38. The topological polar surface area (TPSA) is 52.6 Å². The molecule has 1 saturated heterocycles. The third-order valence-corrected chi connectivity index (χ3v) is 4.70. The Morgan fingerprint density at radius 1 is 1.45 bits per heavy atom. The summed E-state index contributed by atoms with van der Waals surface area (Å²) in [6, 6.07) is 0.435. The van der Waals surface area contributed by atoms with Crippen LogP contribution in [0, 0.1) is 5.41 Å². The molecule has 116 valence electrons. The van der Waals surface area contributed by atoms with Crippen molar-refractivity contribution in [3.05, 3.63) is 0 Å². The van der Waals surface area contributed by atoms with Crippen molar-refractivity contribution in [2.75, 3.05) is 19.6 Å². The maximum atomic E-state index is 11.5. The fourth-order valence-electron chi connectivity index (χ4n) is 3.31.